The van der Waals surface area contributed by atoms with Crippen molar-refractivity contribution in [2.45, 2.75) is 51.5 Å². The second-order valence-corrected chi connectivity index (χ2v) is 5.23. The van der Waals surface area contributed by atoms with Crippen molar-refractivity contribution in [3.8, 4) is 0 Å². The molecule has 2 rings (SSSR count). The number of amides is 1. The summed E-state index contributed by atoms with van der Waals surface area (Å²) in [7, 11) is 0. The zero-order valence-corrected chi connectivity index (χ0v) is 11.2. The molecular formula is C13H18N2O4. The molecule has 1 aliphatic carbocycles. The standard InChI is InChI=1S/C13H18N2O4/c1-8-10(9(2)19-15-8)6-11(16)14-13(4-3-5-13)7-12(17)18/h3-7H2,1-2H3,(H,14,16)(H,17,18). The Labute approximate surface area is 111 Å². The number of carboxylic acids is 1. The number of aliphatic carboxylic acids is 1. The topological polar surface area (TPSA) is 92.4 Å². The number of aromatic nitrogens is 1. The molecule has 0 bridgehead atoms. The number of rotatable bonds is 5. The van der Waals surface area contributed by atoms with Gasteiger partial charge < -0.3 is 14.9 Å². The first-order valence-electron chi connectivity index (χ1n) is 6.36. The number of nitrogens with one attached hydrogen (secondary N) is 1. The molecule has 1 aromatic rings. The fourth-order valence-corrected chi connectivity index (χ4v) is 2.49. The highest BCUT2D eigenvalue weighted by Gasteiger charge is 2.40. The van der Waals surface area contributed by atoms with Gasteiger partial charge >= 0.3 is 5.97 Å². The summed E-state index contributed by atoms with van der Waals surface area (Å²) in [5.74, 6) is -0.416. The molecule has 1 amide bonds. The lowest BCUT2D eigenvalue weighted by Crippen LogP contribution is -2.55. The van der Waals surface area contributed by atoms with Crippen molar-refractivity contribution < 1.29 is 19.2 Å². The van der Waals surface area contributed by atoms with Gasteiger partial charge in [-0.2, -0.15) is 0 Å². The van der Waals surface area contributed by atoms with Crippen LogP contribution in [0.3, 0.4) is 0 Å². The number of carbonyl (C=O) groups is 2. The van der Waals surface area contributed by atoms with Crippen LogP contribution in [0.15, 0.2) is 4.52 Å². The maximum Gasteiger partial charge on any atom is 0.305 e. The van der Waals surface area contributed by atoms with Gasteiger partial charge in [0.2, 0.25) is 5.91 Å². The van der Waals surface area contributed by atoms with E-state index in [4.69, 9.17) is 9.63 Å². The van der Waals surface area contributed by atoms with E-state index in [0.717, 1.165) is 24.8 Å². The van der Waals surface area contributed by atoms with Crippen LogP contribution >= 0.6 is 0 Å². The molecule has 2 N–H and O–H groups in total. The highest BCUT2D eigenvalue weighted by atomic mass is 16.5. The van der Waals surface area contributed by atoms with Crippen LogP contribution in [-0.2, 0) is 16.0 Å². The Balaban J connectivity index is 1.99. The maximum absolute atomic E-state index is 12.0. The van der Waals surface area contributed by atoms with E-state index in [2.05, 4.69) is 10.5 Å². The van der Waals surface area contributed by atoms with Gasteiger partial charge in [0, 0.05) is 5.56 Å². The second kappa shape index (κ2) is 5.03. The highest BCUT2D eigenvalue weighted by Crippen LogP contribution is 2.35. The Hall–Kier alpha value is -1.85. The molecule has 0 aliphatic heterocycles. The molecule has 0 unspecified atom stereocenters. The van der Waals surface area contributed by atoms with Crippen molar-refractivity contribution in [2.75, 3.05) is 0 Å². The van der Waals surface area contributed by atoms with Gasteiger partial charge in [0.15, 0.2) is 0 Å². The molecule has 0 saturated heterocycles. The Kier molecular flexibility index (Phi) is 3.59. The van der Waals surface area contributed by atoms with Crippen LogP contribution in [-0.4, -0.2) is 27.7 Å². The van der Waals surface area contributed by atoms with E-state index >= 15 is 0 Å². The number of hydrogen-bond donors (Lipinski definition) is 2. The Morgan fingerprint density at radius 3 is 2.53 bits per heavy atom. The Morgan fingerprint density at radius 1 is 1.42 bits per heavy atom. The molecule has 19 heavy (non-hydrogen) atoms. The van der Waals surface area contributed by atoms with Crippen molar-refractivity contribution >= 4 is 11.9 Å². The quantitative estimate of drug-likeness (QED) is 0.839. The predicted octanol–water partition coefficient (Wildman–Crippen LogP) is 1.35. The fourth-order valence-electron chi connectivity index (χ4n) is 2.49. The van der Waals surface area contributed by atoms with Crippen LogP contribution in [0.1, 0.15) is 42.7 Å². The highest BCUT2D eigenvalue weighted by molar-refractivity contribution is 5.81. The van der Waals surface area contributed by atoms with Gasteiger partial charge in [-0.25, -0.2) is 0 Å². The molecule has 6 nitrogen and oxygen atoms in total. The van der Waals surface area contributed by atoms with Crippen molar-refractivity contribution in [3.63, 3.8) is 0 Å². The molecule has 0 atom stereocenters. The largest absolute Gasteiger partial charge is 0.481 e. The van der Waals surface area contributed by atoms with E-state index in [1.165, 1.54) is 0 Å². The summed E-state index contributed by atoms with van der Waals surface area (Å²) in [5.41, 5.74) is 0.929. The van der Waals surface area contributed by atoms with Crippen LogP contribution in [0.25, 0.3) is 0 Å². The van der Waals surface area contributed by atoms with E-state index in [0.29, 0.717) is 11.5 Å². The van der Waals surface area contributed by atoms with E-state index in [1.54, 1.807) is 13.8 Å². The molecule has 1 saturated carbocycles. The van der Waals surface area contributed by atoms with Gasteiger partial charge in [-0.3, -0.25) is 9.59 Å². The lowest BCUT2D eigenvalue weighted by molar-refractivity contribution is -0.140. The minimum Gasteiger partial charge on any atom is -0.481 e. The lowest BCUT2D eigenvalue weighted by Gasteiger charge is -2.41. The van der Waals surface area contributed by atoms with Crippen molar-refractivity contribution in [2.24, 2.45) is 0 Å². The molecule has 0 aromatic carbocycles. The first-order chi connectivity index (χ1) is 8.92. The second-order valence-electron chi connectivity index (χ2n) is 5.23. The summed E-state index contributed by atoms with van der Waals surface area (Å²) in [6.07, 6.45) is 2.58. The minimum atomic E-state index is -0.877. The number of carboxylic acid groups (broad SMARTS) is 1. The van der Waals surface area contributed by atoms with Gasteiger partial charge in [0.05, 0.1) is 24.1 Å². The van der Waals surface area contributed by atoms with Gasteiger partial charge in [-0.05, 0) is 33.1 Å². The third-order valence-corrected chi connectivity index (χ3v) is 3.72. The third-order valence-electron chi connectivity index (χ3n) is 3.72. The predicted molar refractivity (Wildman–Crippen MR) is 66.7 cm³/mol. The van der Waals surface area contributed by atoms with Crippen LogP contribution in [0.5, 0.6) is 0 Å². The molecular weight excluding hydrogens is 248 g/mol. The first-order valence-corrected chi connectivity index (χ1v) is 6.36. The summed E-state index contributed by atoms with van der Waals surface area (Å²) in [5, 5.41) is 15.6. The van der Waals surface area contributed by atoms with Gasteiger partial charge in [-0.1, -0.05) is 5.16 Å². The van der Waals surface area contributed by atoms with Gasteiger partial charge in [-0.15, -0.1) is 0 Å². The average Bonchev–Trinajstić information content (AvgIpc) is 2.57. The molecule has 1 aromatic heterocycles. The zero-order chi connectivity index (χ0) is 14.0. The van der Waals surface area contributed by atoms with E-state index in [-0.39, 0.29) is 18.7 Å². The SMILES string of the molecule is Cc1noc(C)c1CC(=O)NC1(CC(=O)O)CCC1. The van der Waals surface area contributed by atoms with Crippen LogP contribution in [0, 0.1) is 13.8 Å². The molecule has 1 heterocycles. The number of hydrogen-bond acceptors (Lipinski definition) is 4. The van der Waals surface area contributed by atoms with Gasteiger partial charge in [0.1, 0.15) is 5.76 Å². The van der Waals surface area contributed by atoms with Gasteiger partial charge in [0.25, 0.3) is 0 Å². The third kappa shape index (κ3) is 2.94. The number of aryl methyl sites for hydroxylation is 2. The van der Waals surface area contributed by atoms with Crippen LogP contribution in [0.2, 0.25) is 0 Å². The van der Waals surface area contributed by atoms with E-state index < -0.39 is 11.5 Å². The molecule has 6 heteroatoms. The monoisotopic (exact) mass is 266 g/mol. The normalized spacial score (nSPS) is 16.7. The lowest BCUT2D eigenvalue weighted by atomic mass is 9.74. The Morgan fingerprint density at radius 2 is 2.11 bits per heavy atom. The molecule has 1 aliphatic rings. The maximum atomic E-state index is 12.0. The summed E-state index contributed by atoms with van der Waals surface area (Å²) < 4.78 is 5.01. The zero-order valence-electron chi connectivity index (χ0n) is 11.2. The molecule has 0 radical (unpaired) electrons. The Bertz CT molecular complexity index is 483. The van der Waals surface area contributed by atoms with Crippen molar-refractivity contribution in [1.29, 1.82) is 0 Å². The van der Waals surface area contributed by atoms with Crippen LogP contribution < -0.4 is 5.32 Å². The summed E-state index contributed by atoms with van der Waals surface area (Å²) >= 11 is 0. The first kappa shape index (κ1) is 13.6. The summed E-state index contributed by atoms with van der Waals surface area (Å²) in [6.45, 7) is 3.55. The number of nitrogens with zero attached hydrogens (tertiary/aromatic N) is 1. The summed E-state index contributed by atoms with van der Waals surface area (Å²) in [4.78, 5) is 22.9. The summed E-state index contributed by atoms with van der Waals surface area (Å²) in [6, 6.07) is 0. The van der Waals surface area contributed by atoms with Crippen LogP contribution in [0.4, 0.5) is 0 Å². The smallest absolute Gasteiger partial charge is 0.305 e. The van der Waals surface area contributed by atoms with E-state index in [9.17, 15) is 9.59 Å². The van der Waals surface area contributed by atoms with E-state index in [1.807, 2.05) is 0 Å². The molecule has 0 spiro atoms. The minimum absolute atomic E-state index is 0.0136. The van der Waals surface area contributed by atoms with Crippen molar-refractivity contribution in [3.05, 3.63) is 17.0 Å². The number of carbonyl (C=O) groups excluding carboxylic acids is 1. The molecule has 104 valence electrons. The average molecular weight is 266 g/mol. The fraction of sp³-hybridized carbons (Fsp3) is 0.615. The van der Waals surface area contributed by atoms with Crippen molar-refractivity contribution in [1.82, 2.24) is 10.5 Å². The molecule has 1 fully saturated rings.